The summed E-state index contributed by atoms with van der Waals surface area (Å²) in [6, 6.07) is 10.5. The lowest BCUT2D eigenvalue weighted by atomic mass is 10.3. The molecule has 0 unspecified atom stereocenters. The molecule has 3 aromatic rings. The number of rotatable bonds is 5. The molecular formula is C18H17N7O2S. The van der Waals surface area contributed by atoms with E-state index >= 15 is 0 Å². The molecule has 3 rings (SSSR count). The van der Waals surface area contributed by atoms with E-state index < -0.39 is 0 Å². The van der Waals surface area contributed by atoms with Crippen LogP contribution in [0.2, 0.25) is 0 Å². The van der Waals surface area contributed by atoms with Crippen molar-refractivity contribution in [3.63, 3.8) is 0 Å². The summed E-state index contributed by atoms with van der Waals surface area (Å²) in [6.45, 7) is 3.15. The number of ether oxygens (including phenoxy) is 1. The molecule has 0 spiro atoms. The van der Waals surface area contributed by atoms with Crippen molar-refractivity contribution >= 4 is 29.2 Å². The van der Waals surface area contributed by atoms with E-state index in [2.05, 4.69) is 20.4 Å². The van der Waals surface area contributed by atoms with Gasteiger partial charge in [-0.1, -0.05) is 11.8 Å². The van der Waals surface area contributed by atoms with Crippen molar-refractivity contribution in [2.45, 2.75) is 19.0 Å². The van der Waals surface area contributed by atoms with Crippen molar-refractivity contribution < 1.29 is 9.53 Å². The number of benzene rings is 1. The minimum absolute atomic E-state index is 0.150. The first kappa shape index (κ1) is 19.2. The van der Waals surface area contributed by atoms with Gasteiger partial charge in [-0.25, -0.2) is 4.98 Å². The summed E-state index contributed by atoms with van der Waals surface area (Å²) in [5.41, 5.74) is 7.52. The zero-order valence-corrected chi connectivity index (χ0v) is 16.2. The monoisotopic (exact) mass is 395 g/mol. The van der Waals surface area contributed by atoms with E-state index in [0.717, 1.165) is 0 Å². The number of nitrogens with two attached hydrogens (primary N) is 1. The van der Waals surface area contributed by atoms with Crippen LogP contribution in [-0.2, 0) is 4.79 Å². The predicted molar refractivity (Wildman–Crippen MR) is 106 cm³/mol. The summed E-state index contributed by atoms with van der Waals surface area (Å²) in [4.78, 5) is 19.8. The molecule has 0 saturated carbocycles. The van der Waals surface area contributed by atoms with Gasteiger partial charge in [0, 0.05) is 18.7 Å². The number of nitrogen functional groups attached to an aromatic ring is 1. The number of carbonyl (C=O) groups excluding carboxylic acids is 1. The van der Waals surface area contributed by atoms with E-state index in [-0.39, 0.29) is 11.7 Å². The molecule has 3 N–H and O–H groups in total. The Morgan fingerprint density at radius 3 is 2.61 bits per heavy atom. The van der Waals surface area contributed by atoms with Crippen LogP contribution in [0.25, 0.3) is 5.82 Å². The number of aryl methyl sites for hydroxylation is 1. The van der Waals surface area contributed by atoms with Crippen molar-refractivity contribution in [1.29, 1.82) is 5.26 Å². The van der Waals surface area contributed by atoms with Gasteiger partial charge in [0.05, 0.1) is 5.69 Å². The lowest BCUT2D eigenvalue weighted by Gasteiger charge is -2.10. The van der Waals surface area contributed by atoms with Crippen LogP contribution >= 0.6 is 11.8 Å². The molecule has 0 saturated heterocycles. The smallest absolute Gasteiger partial charge is 0.225 e. The molecule has 0 radical (unpaired) electrons. The highest BCUT2D eigenvalue weighted by Crippen LogP contribution is 2.27. The Labute approximate surface area is 165 Å². The number of amides is 1. The van der Waals surface area contributed by atoms with Crippen molar-refractivity contribution in [3.8, 4) is 23.5 Å². The molecule has 0 atom stereocenters. The Hall–Kier alpha value is -3.58. The first-order chi connectivity index (χ1) is 13.4. The summed E-state index contributed by atoms with van der Waals surface area (Å²) in [5, 5.41) is 16.7. The molecule has 0 aliphatic carbocycles. The first-order valence-electron chi connectivity index (χ1n) is 8.15. The number of thioether (sulfide) groups is 1. The second-order valence-corrected chi connectivity index (χ2v) is 6.50. The third-order valence-electron chi connectivity index (χ3n) is 3.67. The van der Waals surface area contributed by atoms with Crippen LogP contribution in [-0.4, -0.2) is 31.9 Å². The Morgan fingerprint density at radius 1 is 1.32 bits per heavy atom. The van der Waals surface area contributed by atoms with Crippen LogP contribution in [0, 0.1) is 18.3 Å². The number of nitrogens with zero attached hydrogens (tertiary/aromatic N) is 5. The van der Waals surface area contributed by atoms with Gasteiger partial charge in [0.25, 0.3) is 0 Å². The van der Waals surface area contributed by atoms with Crippen molar-refractivity contribution in [3.05, 3.63) is 41.6 Å². The number of nitrogens with one attached hydrogen (secondary N) is 1. The summed E-state index contributed by atoms with van der Waals surface area (Å²) in [7, 11) is 0. The van der Waals surface area contributed by atoms with E-state index in [1.165, 1.54) is 23.4 Å². The van der Waals surface area contributed by atoms with Crippen LogP contribution in [0.1, 0.15) is 18.2 Å². The van der Waals surface area contributed by atoms with Gasteiger partial charge in [-0.15, -0.1) is 0 Å². The van der Waals surface area contributed by atoms with Crippen LogP contribution in [0.15, 0.2) is 35.5 Å². The quantitative estimate of drug-likeness (QED) is 0.498. The molecule has 2 heterocycles. The molecule has 1 amide bonds. The van der Waals surface area contributed by atoms with Crippen LogP contribution < -0.4 is 15.8 Å². The Kier molecular flexibility index (Phi) is 5.47. The number of anilines is 2. The molecule has 0 aliphatic heterocycles. The number of hydrogen-bond donors (Lipinski definition) is 2. The second kappa shape index (κ2) is 7.98. The zero-order chi connectivity index (χ0) is 20.3. The highest BCUT2D eigenvalue weighted by atomic mass is 32.2. The zero-order valence-electron chi connectivity index (χ0n) is 15.4. The van der Waals surface area contributed by atoms with E-state index in [1.54, 1.807) is 37.3 Å². The molecule has 9 nitrogen and oxygen atoms in total. The van der Waals surface area contributed by atoms with E-state index in [1.807, 2.05) is 12.3 Å². The summed E-state index contributed by atoms with van der Waals surface area (Å²) in [6.07, 6.45) is 1.84. The van der Waals surface area contributed by atoms with Crippen molar-refractivity contribution in [1.82, 2.24) is 19.7 Å². The fraction of sp³-hybridized carbons (Fsp3) is 0.167. The topological polar surface area (TPSA) is 132 Å². The van der Waals surface area contributed by atoms with E-state index in [0.29, 0.717) is 39.5 Å². The minimum Gasteiger partial charge on any atom is -0.439 e. The van der Waals surface area contributed by atoms with Crippen molar-refractivity contribution in [2.24, 2.45) is 0 Å². The molecule has 0 aliphatic rings. The number of nitriles is 1. The Bertz CT molecular complexity index is 1070. The number of aromatic nitrogens is 4. The normalized spacial score (nSPS) is 10.4. The maximum atomic E-state index is 11.1. The third kappa shape index (κ3) is 4.05. The number of hydrogen-bond acceptors (Lipinski definition) is 8. The average molecular weight is 395 g/mol. The van der Waals surface area contributed by atoms with Crippen molar-refractivity contribution in [2.75, 3.05) is 17.3 Å². The lowest BCUT2D eigenvalue weighted by molar-refractivity contribution is -0.114. The molecular weight excluding hydrogens is 378 g/mol. The average Bonchev–Trinajstić information content (AvgIpc) is 2.96. The van der Waals surface area contributed by atoms with Gasteiger partial charge in [-0.3, -0.25) is 4.79 Å². The number of carbonyl (C=O) groups is 1. The second-order valence-electron chi connectivity index (χ2n) is 5.73. The maximum Gasteiger partial charge on any atom is 0.225 e. The van der Waals surface area contributed by atoms with E-state index in [4.69, 9.17) is 10.5 Å². The molecule has 28 heavy (non-hydrogen) atoms. The fourth-order valence-electron chi connectivity index (χ4n) is 2.43. The highest BCUT2D eigenvalue weighted by molar-refractivity contribution is 7.98. The molecule has 2 aromatic heterocycles. The van der Waals surface area contributed by atoms with Gasteiger partial charge in [-0.2, -0.15) is 20.0 Å². The van der Waals surface area contributed by atoms with Crippen LogP contribution in [0.3, 0.4) is 0 Å². The standard InChI is InChI=1S/C18H17N7O2S/c1-10-14(9-19)17(20)25(24-10)15-8-16(23-18(22-15)28-3)27-13-6-4-12(5-7-13)21-11(2)26/h4-8H,20H2,1-3H3,(H,21,26). The third-order valence-corrected chi connectivity index (χ3v) is 4.22. The van der Waals surface area contributed by atoms with Gasteiger partial charge in [0.15, 0.2) is 11.0 Å². The predicted octanol–water partition coefficient (Wildman–Crippen LogP) is 2.90. The molecule has 1 aromatic carbocycles. The SMILES string of the molecule is CSc1nc(Oc2ccc(NC(C)=O)cc2)cc(-n2nc(C)c(C#N)c2N)n1. The molecule has 10 heteroatoms. The molecule has 0 bridgehead atoms. The minimum atomic E-state index is -0.150. The van der Waals surface area contributed by atoms with Crippen LogP contribution in [0.5, 0.6) is 11.6 Å². The summed E-state index contributed by atoms with van der Waals surface area (Å²) >= 11 is 1.34. The van der Waals surface area contributed by atoms with Gasteiger partial charge < -0.3 is 15.8 Å². The molecule has 142 valence electrons. The highest BCUT2D eigenvalue weighted by Gasteiger charge is 2.16. The summed E-state index contributed by atoms with van der Waals surface area (Å²) in [5.74, 6) is 1.28. The Balaban J connectivity index is 1.94. The van der Waals surface area contributed by atoms with Gasteiger partial charge in [0.1, 0.15) is 23.2 Å². The van der Waals surface area contributed by atoms with Gasteiger partial charge >= 0.3 is 0 Å². The molecule has 0 fully saturated rings. The van der Waals surface area contributed by atoms with Gasteiger partial charge in [0.2, 0.25) is 11.8 Å². The van der Waals surface area contributed by atoms with Crippen LogP contribution in [0.4, 0.5) is 11.5 Å². The fourth-order valence-corrected chi connectivity index (χ4v) is 2.80. The lowest BCUT2D eigenvalue weighted by Crippen LogP contribution is -2.07. The van der Waals surface area contributed by atoms with Gasteiger partial charge in [-0.05, 0) is 37.4 Å². The first-order valence-corrected chi connectivity index (χ1v) is 9.38. The van der Waals surface area contributed by atoms with E-state index in [9.17, 15) is 10.1 Å². The Morgan fingerprint density at radius 2 is 2.04 bits per heavy atom. The summed E-state index contributed by atoms with van der Waals surface area (Å²) < 4.78 is 7.21. The maximum absolute atomic E-state index is 11.1. The largest absolute Gasteiger partial charge is 0.439 e.